The van der Waals surface area contributed by atoms with Gasteiger partial charge in [-0.25, -0.2) is 0 Å². The molecule has 0 aliphatic heterocycles. The third kappa shape index (κ3) is 4.18. The smallest absolute Gasteiger partial charge is 0.399 e. The predicted octanol–water partition coefficient (Wildman–Crippen LogP) is 4.56. The lowest BCUT2D eigenvalue weighted by molar-refractivity contribution is -0.143. The third-order valence-corrected chi connectivity index (χ3v) is 3.02. The first kappa shape index (κ1) is 17.6. The van der Waals surface area contributed by atoms with Crippen LogP contribution in [0.3, 0.4) is 0 Å². The molecule has 0 bridgehead atoms. The Morgan fingerprint density at radius 1 is 0.833 bits per heavy atom. The van der Waals surface area contributed by atoms with Crippen LogP contribution in [0.25, 0.3) is 0 Å². The van der Waals surface area contributed by atoms with Gasteiger partial charge in [0.25, 0.3) is 5.91 Å². The molecular formula is C15H10F6N2O. The number of carbonyl (C=O) groups is 1. The quantitative estimate of drug-likeness (QED) is 0.618. The number of rotatable bonds is 2. The maximum absolute atomic E-state index is 12.7. The maximum atomic E-state index is 12.7. The van der Waals surface area contributed by atoms with Crippen LogP contribution in [-0.2, 0) is 12.4 Å². The summed E-state index contributed by atoms with van der Waals surface area (Å²) in [6, 6.07) is 6.20. The van der Waals surface area contributed by atoms with Crippen molar-refractivity contribution in [2.75, 3.05) is 11.1 Å². The molecule has 24 heavy (non-hydrogen) atoms. The molecule has 3 N–H and O–H groups in total. The Labute approximate surface area is 132 Å². The molecule has 0 radical (unpaired) electrons. The van der Waals surface area contributed by atoms with Crippen LogP contribution in [0, 0.1) is 0 Å². The van der Waals surface area contributed by atoms with Crippen LogP contribution in [0.4, 0.5) is 37.7 Å². The largest absolute Gasteiger partial charge is 0.416 e. The van der Waals surface area contributed by atoms with Crippen LogP contribution in [0.1, 0.15) is 21.5 Å². The van der Waals surface area contributed by atoms with E-state index in [0.717, 1.165) is 0 Å². The SMILES string of the molecule is Nc1ccc(C(=O)Nc2cc(C(F)(F)F)cc(C(F)(F)F)c2)cc1. The molecule has 0 spiro atoms. The third-order valence-electron chi connectivity index (χ3n) is 3.02. The molecule has 3 nitrogen and oxygen atoms in total. The number of alkyl halides is 6. The number of nitrogens with two attached hydrogens (primary N) is 1. The molecule has 128 valence electrons. The van der Waals surface area contributed by atoms with E-state index in [0.29, 0.717) is 17.8 Å². The van der Waals surface area contributed by atoms with E-state index in [9.17, 15) is 31.1 Å². The van der Waals surface area contributed by atoms with E-state index in [1.54, 1.807) is 0 Å². The lowest BCUT2D eigenvalue weighted by Crippen LogP contribution is -2.15. The second kappa shape index (κ2) is 6.06. The molecule has 0 unspecified atom stereocenters. The normalized spacial score (nSPS) is 12.1. The number of hydrogen-bond acceptors (Lipinski definition) is 2. The molecule has 0 saturated carbocycles. The van der Waals surface area contributed by atoms with Gasteiger partial charge in [-0.2, -0.15) is 26.3 Å². The zero-order valence-corrected chi connectivity index (χ0v) is 11.8. The average Bonchev–Trinajstić information content (AvgIpc) is 2.45. The number of nitrogens with one attached hydrogen (secondary N) is 1. The lowest BCUT2D eigenvalue weighted by atomic mass is 10.1. The molecule has 9 heteroatoms. The van der Waals surface area contributed by atoms with Crippen molar-refractivity contribution in [2.45, 2.75) is 12.4 Å². The van der Waals surface area contributed by atoms with Crippen molar-refractivity contribution in [1.29, 1.82) is 0 Å². The Bertz CT molecular complexity index is 718. The van der Waals surface area contributed by atoms with Gasteiger partial charge in [-0.15, -0.1) is 0 Å². The van der Waals surface area contributed by atoms with Crippen molar-refractivity contribution in [2.24, 2.45) is 0 Å². The number of halogens is 6. The van der Waals surface area contributed by atoms with E-state index in [1.807, 2.05) is 5.32 Å². The summed E-state index contributed by atoms with van der Waals surface area (Å²) in [6.07, 6.45) is -9.97. The van der Waals surface area contributed by atoms with Gasteiger partial charge in [-0.05, 0) is 42.5 Å². The van der Waals surface area contributed by atoms with Crippen molar-refractivity contribution in [3.8, 4) is 0 Å². The highest BCUT2D eigenvalue weighted by Crippen LogP contribution is 2.37. The van der Waals surface area contributed by atoms with E-state index in [1.165, 1.54) is 24.3 Å². The van der Waals surface area contributed by atoms with E-state index in [4.69, 9.17) is 5.73 Å². The highest BCUT2D eigenvalue weighted by molar-refractivity contribution is 6.04. The Morgan fingerprint density at radius 2 is 1.29 bits per heavy atom. The summed E-state index contributed by atoms with van der Waals surface area (Å²) in [4.78, 5) is 11.9. The Hall–Kier alpha value is -2.71. The molecule has 0 atom stereocenters. The summed E-state index contributed by atoms with van der Waals surface area (Å²) in [6.45, 7) is 0. The number of nitrogen functional groups attached to an aromatic ring is 1. The zero-order valence-electron chi connectivity index (χ0n) is 11.8. The fraction of sp³-hybridized carbons (Fsp3) is 0.133. The molecule has 2 aromatic rings. The van der Waals surface area contributed by atoms with Crippen molar-refractivity contribution in [3.63, 3.8) is 0 Å². The summed E-state index contributed by atoms with van der Waals surface area (Å²) in [7, 11) is 0. The Kier molecular flexibility index (Phi) is 4.46. The minimum Gasteiger partial charge on any atom is -0.399 e. The number of benzene rings is 2. The number of amides is 1. The van der Waals surface area contributed by atoms with E-state index in [2.05, 4.69) is 0 Å². The first-order chi connectivity index (χ1) is 11.0. The van der Waals surface area contributed by atoms with Crippen LogP contribution >= 0.6 is 0 Å². The van der Waals surface area contributed by atoms with Gasteiger partial charge >= 0.3 is 12.4 Å². The highest BCUT2D eigenvalue weighted by Gasteiger charge is 2.37. The van der Waals surface area contributed by atoms with Crippen LogP contribution in [0.5, 0.6) is 0 Å². The first-order valence-electron chi connectivity index (χ1n) is 6.43. The standard InChI is InChI=1S/C15H10F6N2O/c16-14(17,18)9-5-10(15(19,20)21)7-12(6-9)23-13(24)8-1-3-11(22)4-2-8/h1-7H,22H2,(H,23,24). The number of anilines is 2. The molecule has 1 amide bonds. The van der Waals surface area contributed by atoms with Crippen molar-refractivity contribution >= 4 is 17.3 Å². The van der Waals surface area contributed by atoms with Crippen molar-refractivity contribution in [3.05, 3.63) is 59.2 Å². The summed E-state index contributed by atoms with van der Waals surface area (Å²) >= 11 is 0. The monoisotopic (exact) mass is 348 g/mol. The summed E-state index contributed by atoms with van der Waals surface area (Å²) in [5, 5.41) is 2.02. The van der Waals surface area contributed by atoms with Gasteiger partial charge < -0.3 is 11.1 Å². The van der Waals surface area contributed by atoms with Crippen LogP contribution in [-0.4, -0.2) is 5.91 Å². The molecule has 2 aromatic carbocycles. The maximum Gasteiger partial charge on any atom is 0.416 e. The first-order valence-corrected chi connectivity index (χ1v) is 6.43. The van der Waals surface area contributed by atoms with Gasteiger partial charge in [0, 0.05) is 16.9 Å². The lowest BCUT2D eigenvalue weighted by Gasteiger charge is -2.14. The van der Waals surface area contributed by atoms with Crippen LogP contribution < -0.4 is 11.1 Å². The van der Waals surface area contributed by atoms with Gasteiger partial charge in [0.2, 0.25) is 0 Å². The predicted molar refractivity (Wildman–Crippen MR) is 75.3 cm³/mol. The van der Waals surface area contributed by atoms with Gasteiger partial charge in [0.15, 0.2) is 0 Å². The molecule has 0 heterocycles. The summed E-state index contributed by atoms with van der Waals surface area (Å²) in [5.41, 5.74) is 2.19. The number of hydrogen-bond donors (Lipinski definition) is 2. The fourth-order valence-corrected chi connectivity index (χ4v) is 1.86. The van der Waals surface area contributed by atoms with Gasteiger partial charge in [-0.1, -0.05) is 0 Å². The minimum absolute atomic E-state index is 0.0150. The Balaban J connectivity index is 2.38. The van der Waals surface area contributed by atoms with Gasteiger partial charge in [-0.3, -0.25) is 4.79 Å². The van der Waals surface area contributed by atoms with Crippen molar-refractivity contribution < 1.29 is 31.1 Å². The van der Waals surface area contributed by atoms with Crippen LogP contribution in [0.15, 0.2) is 42.5 Å². The minimum atomic E-state index is -4.98. The zero-order chi connectivity index (χ0) is 18.1. The van der Waals surface area contributed by atoms with Crippen molar-refractivity contribution in [1.82, 2.24) is 0 Å². The van der Waals surface area contributed by atoms with Gasteiger partial charge in [0.05, 0.1) is 11.1 Å². The molecule has 0 fully saturated rings. The second-order valence-electron chi connectivity index (χ2n) is 4.87. The topological polar surface area (TPSA) is 55.1 Å². The van der Waals surface area contributed by atoms with E-state index >= 15 is 0 Å². The average molecular weight is 348 g/mol. The van der Waals surface area contributed by atoms with Crippen LogP contribution in [0.2, 0.25) is 0 Å². The molecule has 0 aliphatic rings. The second-order valence-corrected chi connectivity index (χ2v) is 4.87. The molecule has 0 aliphatic carbocycles. The highest BCUT2D eigenvalue weighted by atomic mass is 19.4. The fourth-order valence-electron chi connectivity index (χ4n) is 1.86. The summed E-state index contributed by atoms with van der Waals surface area (Å²) < 4.78 is 76.5. The molecule has 2 rings (SSSR count). The summed E-state index contributed by atoms with van der Waals surface area (Å²) in [5.74, 6) is -0.859. The molecule has 0 saturated heterocycles. The number of carbonyl (C=O) groups excluding carboxylic acids is 1. The van der Waals surface area contributed by atoms with Gasteiger partial charge in [0.1, 0.15) is 0 Å². The molecule has 0 aromatic heterocycles. The molecular weight excluding hydrogens is 338 g/mol. The Morgan fingerprint density at radius 3 is 1.71 bits per heavy atom. The van der Waals surface area contributed by atoms with E-state index in [-0.39, 0.29) is 11.6 Å². The van der Waals surface area contributed by atoms with E-state index < -0.39 is 35.1 Å².